The van der Waals surface area contributed by atoms with Crippen LogP contribution in [0.3, 0.4) is 0 Å². The van der Waals surface area contributed by atoms with Crippen molar-refractivity contribution in [2.75, 3.05) is 14.8 Å². The highest BCUT2D eigenvalue weighted by Gasteiger charge is 2.38. The monoisotopic (exact) mass is 359 g/mol. The maximum Gasteiger partial charge on any atom is 0.471 e. The Balaban J connectivity index is 2.02. The summed E-state index contributed by atoms with van der Waals surface area (Å²) in [5.41, 5.74) is 0.346. The van der Waals surface area contributed by atoms with Crippen molar-refractivity contribution in [2.45, 2.75) is 6.18 Å². The maximum atomic E-state index is 12.1. The third kappa shape index (κ3) is 5.16. The molecular formula is C14H12F3N3O3S. The smallest absolute Gasteiger partial charge is 0.318 e. The van der Waals surface area contributed by atoms with Crippen molar-refractivity contribution in [3.63, 3.8) is 0 Å². The summed E-state index contributed by atoms with van der Waals surface area (Å²) in [6, 6.07) is 12.8. The van der Waals surface area contributed by atoms with E-state index >= 15 is 0 Å². The van der Waals surface area contributed by atoms with E-state index in [0.29, 0.717) is 5.69 Å². The van der Waals surface area contributed by atoms with Crippen LogP contribution in [0.5, 0.6) is 0 Å². The molecule has 0 aromatic heterocycles. The fraction of sp³-hybridized carbons (Fsp3) is 0.0714. The van der Waals surface area contributed by atoms with E-state index in [-0.39, 0.29) is 11.4 Å². The topological polar surface area (TPSA) is 87.3 Å². The fourth-order valence-corrected chi connectivity index (χ4v) is 2.61. The molecule has 2 aromatic carbocycles. The molecule has 6 nitrogen and oxygen atoms in total. The molecule has 0 radical (unpaired) electrons. The minimum atomic E-state index is -5.00. The summed E-state index contributed by atoms with van der Waals surface area (Å²) in [4.78, 5) is 10.8. The molecule has 2 rings (SSSR count). The van der Waals surface area contributed by atoms with Crippen molar-refractivity contribution in [1.82, 2.24) is 0 Å². The predicted octanol–water partition coefficient (Wildman–Crippen LogP) is 2.96. The van der Waals surface area contributed by atoms with Crippen molar-refractivity contribution < 1.29 is 26.4 Å². The van der Waals surface area contributed by atoms with Gasteiger partial charge >= 0.3 is 22.3 Å². The lowest BCUT2D eigenvalue weighted by molar-refractivity contribution is -0.167. The number of amides is 1. The average molecular weight is 359 g/mol. The molecular weight excluding hydrogens is 347 g/mol. The lowest BCUT2D eigenvalue weighted by Gasteiger charge is -2.11. The summed E-state index contributed by atoms with van der Waals surface area (Å²) >= 11 is 0. The lowest BCUT2D eigenvalue weighted by Crippen LogP contribution is -2.29. The van der Waals surface area contributed by atoms with Gasteiger partial charge in [-0.3, -0.25) is 14.2 Å². The summed E-state index contributed by atoms with van der Waals surface area (Å²) in [5, 5.41) is 1.65. The van der Waals surface area contributed by atoms with Crippen LogP contribution in [0.4, 0.5) is 30.2 Å². The number of carbonyl (C=O) groups excluding carboxylic acids is 1. The van der Waals surface area contributed by atoms with Gasteiger partial charge in [0.2, 0.25) is 0 Å². The predicted molar refractivity (Wildman–Crippen MR) is 83.7 cm³/mol. The Kier molecular flexibility index (Phi) is 4.98. The summed E-state index contributed by atoms with van der Waals surface area (Å²) < 4.78 is 64.7. The summed E-state index contributed by atoms with van der Waals surface area (Å²) in [6.45, 7) is 0. The highest BCUT2D eigenvalue weighted by Crippen LogP contribution is 2.20. The Hall–Kier alpha value is -2.75. The molecule has 24 heavy (non-hydrogen) atoms. The highest BCUT2D eigenvalue weighted by molar-refractivity contribution is 7.94. The standard InChI is InChI=1S/C14H12F3N3O3S/c15-14(16,17)13(21)18-10-6-8-12(9-7-10)20-24(22,23)19-11-4-2-1-3-5-11/h1-9,19-20H,(H,18,21). The average Bonchev–Trinajstić information content (AvgIpc) is 2.48. The normalized spacial score (nSPS) is 11.6. The third-order valence-corrected chi connectivity index (χ3v) is 3.69. The van der Waals surface area contributed by atoms with E-state index in [2.05, 4.69) is 9.44 Å². The van der Waals surface area contributed by atoms with Gasteiger partial charge in [0.05, 0.1) is 11.4 Å². The Morgan fingerprint density at radius 3 is 1.75 bits per heavy atom. The third-order valence-electron chi connectivity index (χ3n) is 2.68. The molecule has 10 heteroatoms. The van der Waals surface area contributed by atoms with E-state index < -0.39 is 22.3 Å². The number of hydrogen-bond donors (Lipinski definition) is 3. The van der Waals surface area contributed by atoms with Crippen LogP contribution in [0.15, 0.2) is 54.6 Å². The second-order valence-corrected chi connectivity index (χ2v) is 6.02. The van der Waals surface area contributed by atoms with Crippen LogP contribution in [-0.4, -0.2) is 20.5 Å². The van der Waals surface area contributed by atoms with Crippen molar-refractivity contribution >= 4 is 33.2 Å². The summed E-state index contributed by atoms with van der Waals surface area (Å²) in [5.74, 6) is -2.11. The number of hydrogen-bond acceptors (Lipinski definition) is 3. The summed E-state index contributed by atoms with van der Waals surface area (Å²) in [6.07, 6.45) is -5.00. The molecule has 3 N–H and O–H groups in total. The van der Waals surface area contributed by atoms with E-state index in [0.717, 1.165) is 12.1 Å². The Morgan fingerprint density at radius 1 is 0.792 bits per heavy atom. The van der Waals surface area contributed by atoms with E-state index in [1.165, 1.54) is 12.1 Å². The van der Waals surface area contributed by atoms with Crippen LogP contribution in [0.2, 0.25) is 0 Å². The van der Waals surface area contributed by atoms with Gasteiger partial charge in [0.1, 0.15) is 0 Å². The minimum absolute atomic E-state index is 0.114. The van der Waals surface area contributed by atoms with Gasteiger partial charge in [-0.2, -0.15) is 21.6 Å². The molecule has 0 aliphatic rings. The van der Waals surface area contributed by atoms with Crippen LogP contribution in [0.25, 0.3) is 0 Å². The molecule has 0 heterocycles. The first-order valence-corrected chi connectivity index (χ1v) is 7.98. The number of halogens is 3. The molecule has 128 valence electrons. The van der Waals surface area contributed by atoms with Crippen LogP contribution >= 0.6 is 0 Å². The molecule has 0 aliphatic carbocycles. The fourth-order valence-electron chi connectivity index (χ4n) is 1.67. The van der Waals surface area contributed by atoms with E-state index in [4.69, 9.17) is 0 Å². The zero-order valence-corrected chi connectivity index (χ0v) is 12.8. The molecule has 0 unspecified atom stereocenters. The number of rotatable bonds is 5. The van der Waals surface area contributed by atoms with Crippen LogP contribution in [-0.2, 0) is 15.0 Å². The maximum absolute atomic E-state index is 12.1. The van der Waals surface area contributed by atoms with Crippen molar-refractivity contribution in [3.8, 4) is 0 Å². The first-order chi connectivity index (χ1) is 11.2. The van der Waals surface area contributed by atoms with E-state index in [9.17, 15) is 26.4 Å². The summed E-state index contributed by atoms with van der Waals surface area (Å²) in [7, 11) is -3.91. The van der Waals surface area contributed by atoms with Crippen LogP contribution < -0.4 is 14.8 Å². The van der Waals surface area contributed by atoms with E-state index in [1.807, 2.05) is 0 Å². The Labute approximate surface area is 135 Å². The highest BCUT2D eigenvalue weighted by atomic mass is 32.2. The Morgan fingerprint density at radius 2 is 1.25 bits per heavy atom. The molecule has 0 atom stereocenters. The molecule has 0 bridgehead atoms. The Bertz CT molecular complexity index is 807. The van der Waals surface area contributed by atoms with Gasteiger partial charge in [0.25, 0.3) is 0 Å². The van der Waals surface area contributed by atoms with Crippen molar-refractivity contribution in [2.24, 2.45) is 0 Å². The molecule has 2 aromatic rings. The largest absolute Gasteiger partial charge is 0.471 e. The first-order valence-electron chi connectivity index (χ1n) is 6.49. The minimum Gasteiger partial charge on any atom is -0.318 e. The molecule has 1 amide bonds. The van der Waals surface area contributed by atoms with Gasteiger partial charge in [-0.05, 0) is 36.4 Å². The SMILES string of the molecule is O=C(Nc1ccc(NS(=O)(=O)Nc2ccccc2)cc1)C(F)(F)F. The van der Waals surface area contributed by atoms with Crippen molar-refractivity contribution in [3.05, 3.63) is 54.6 Å². The second-order valence-electron chi connectivity index (χ2n) is 4.60. The first kappa shape index (κ1) is 17.6. The molecule has 0 fully saturated rings. The van der Waals surface area contributed by atoms with Gasteiger partial charge in [0, 0.05) is 5.69 Å². The number of nitrogens with one attached hydrogen (secondary N) is 3. The number of carbonyl (C=O) groups is 1. The number of anilines is 3. The number of para-hydroxylation sites is 1. The van der Waals surface area contributed by atoms with Crippen LogP contribution in [0, 0.1) is 0 Å². The molecule has 0 aliphatic heterocycles. The van der Waals surface area contributed by atoms with Gasteiger partial charge in [-0.15, -0.1) is 0 Å². The van der Waals surface area contributed by atoms with Gasteiger partial charge in [-0.25, -0.2) is 0 Å². The molecule has 0 saturated heterocycles. The van der Waals surface area contributed by atoms with E-state index in [1.54, 1.807) is 35.6 Å². The van der Waals surface area contributed by atoms with Crippen molar-refractivity contribution in [1.29, 1.82) is 0 Å². The quantitative estimate of drug-likeness (QED) is 0.767. The van der Waals surface area contributed by atoms with Gasteiger partial charge < -0.3 is 5.32 Å². The number of benzene rings is 2. The van der Waals surface area contributed by atoms with Crippen LogP contribution in [0.1, 0.15) is 0 Å². The molecule has 0 spiro atoms. The number of alkyl halides is 3. The van der Waals surface area contributed by atoms with Gasteiger partial charge in [0.15, 0.2) is 0 Å². The lowest BCUT2D eigenvalue weighted by atomic mass is 10.3. The zero-order valence-electron chi connectivity index (χ0n) is 12.0. The van der Waals surface area contributed by atoms with Gasteiger partial charge in [-0.1, -0.05) is 18.2 Å². The second kappa shape index (κ2) is 6.79. The zero-order chi connectivity index (χ0) is 17.8. The molecule has 0 saturated carbocycles.